The highest BCUT2D eigenvalue weighted by atomic mass is 16.5. The second-order valence-electron chi connectivity index (χ2n) is 28.0. The molecule has 0 aromatic heterocycles. The molecule has 2 heterocycles. The minimum atomic E-state index is -1.83. The van der Waals surface area contributed by atoms with Crippen LogP contribution in [0.15, 0.2) is 243 Å². The van der Waals surface area contributed by atoms with Crippen LogP contribution >= 0.6 is 0 Å². The van der Waals surface area contributed by atoms with E-state index in [1.165, 1.54) is 34.1 Å². The van der Waals surface area contributed by atoms with Crippen molar-refractivity contribution in [2.75, 3.05) is 23.0 Å². The molecule has 2 N–H and O–H groups in total. The van der Waals surface area contributed by atoms with Crippen molar-refractivity contribution in [3.63, 3.8) is 0 Å². The second-order valence-corrected chi connectivity index (χ2v) is 28.0. The SMILES string of the molecule is CC(C)c1ccc(Oc2cc3c4c(cc(Oc5ccc(C(C)C)cc5)c5c6c(Oc7ccc(C(C)C)cc7)cc7c8c(cc(Oc9ccc(C(C)C)cc9)c(c2c45)c86)C(=O)N(C(CO)C(=O)N(c2ccccc2)c2ccccc2)C7=O)C(=O)N(C(CO)C(=O)N(c2ccccc2)c2ccccc2)C3=O)cc1. The van der Waals surface area contributed by atoms with Crippen molar-refractivity contribution in [3.05, 3.63) is 287 Å². The molecule has 2 unspecified atom stereocenters. The molecular weight excluding hydrogens is 1330 g/mol. The van der Waals surface area contributed by atoms with Crippen molar-refractivity contribution >= 4 is 101 Å². The molecule has 528 valence electrons. The predicted molar refractivity (Wildman–Crippen MR) is 413 cm³/mol. The number of aliphatic hydroxyl groups is 2. The fourth-order valence-corrected chi connectivity index (χ4v) is 14.6. The number of hydrogen-bond donors (Lipinski definition) is 2. The van der Waals surface area contributed by atoms with Crippen LogP contribution in [0.1, 0.15) is 143 Å². The first-order valence-corrected chi connectivity index (χ1v) is 35.6. The number of ether oxygens (including phenoxy) is 4. The Hall–Kier alpha value is -12.5. The molecule has 16 nitrogen and oxygen atoms in total. The molecule has 2 aliphatic heterocycles. The van der Waals surface area contributed by atoms with Crippen molar-refractivity contribution in [2.45, 2.75) is 91.1 Å². The average molecular weight is 1410 g/mol. The monoisotopic (exact) mass is 1400 g/mol. The summed E-state index contributed by atoms with van der Waals surface area (Å²) in [6, 6.07) is 67.4. The molecule has 2 atom stereocenters. The standard InChI is InChI=1S/C90H76N4O12/c1-51(2)55-29-37-63(38-30-55)103-73-45-67-77-68(86(98)93(85(67)97)71(49-95)89(101)91(59-21-13-9-14-22-59)60-23-15-10-16-24-60)47-75(105-65-41-33-57(34-42-65)53(5)6)81-82-76(106-66-43-35-58(36-44-66)54(7)8)48-70-78-69(46-74(80(84(78)82)79(73)83(77)81)104-64-39-31-56(32-40-64)52(3)4)87(99)94(88(70)100)72(50-96)90(102)92(61-25-17-11-18-26-61)62-27-19-12-20-28-62/h9-48,51-54,71-72,95-96H,49-50H2,1-8H3. The number of nitrogens with zero attached hydrogens (tertiary/aromatic N) is 4. The zero-order valence-corrected chi connectivity index (χ0v) is 59.7. The Balaban J connectivity index is 1.08. The van der Waals surface area contributed by atoms with Crippen LogP contribution in [0.2, 0.25) is 0 Å². The van der Waals surface area contributed by atoms with E-state index >= 15 is 28.8 Å². The van der Waals surface area contributed by atoms with Gasteiger partial charge in [-0.25, -0.2) is 0 Å². The van der Waals surface area contributed by atoms with Gasteiger partial charge in [0.1, 0.15) is 58.1 Å². The van der Waals surface area contributed by atoms with Gasteiger partial charge in [0.15, 0.2) is 0 Å². The summed E-state index contributed by atoms with van der Waals surface area (Å²) in [6.45, 7) is 14.6. The third kappa shape index (κ3) is 12.2. The summed E-state index contributed by atoms with van der Waals surface area (Å²) in [5.41, 5.74) is 5.25. The van der Waals surface area contributed by atoms with E-state index < -0.39 is 60.7 Å². The summed E-state index contributed by atoms with van der Waals surface area (Å²) in [4.78, 5) is 102. The van der Waals surface area contributed by atoms with E-state index in [2.05, 4.69) is 55.4 Å². The molecule has 0 saturated heterocycles. The molecule has 15 rings (SSSR count). The van der Waals surface area contributed by atoms with Crippen LogP contribution in [0.5, 0.6) is 46.0 Å². The van der Waals surface area contributed by atoms with Crippen LogP contribution in [0.25, 0.3) is 43.1 Å². The minimum Gasteiger partial charge on any atom is -0.457 e. The fourth-order valence-electron chi connectivity index (χ4n) is 14.6. The lowest BCUT2D eigenvalue weighted by Gasteiger charge is -2.37. The van der Waals surface area contributed by atoms with Gasteiger partial charge >= 0.3 is 0 Å². The molecule has 2 aliphatic rings. The Bertz CT molecular complexity index is 4920. The number of para-hydroxylation sites is 4. The van der Waals surface area contributed by atoms with Gasteiger partial charge in [-0.1, -0.05) is 177 Å². The normalized spacial score (nSPS) is 13.5. The topological polar surface area (TPSA) is 193 Å². The van der Waals surface area contributed by atoms with Gasteiger partial charge in [-0.3, -0.25) is 48.4 Å². The summed E-state index contributed by atoms with van der Waals surface area (Å²) in [5, 5.41) is 25.1. The van der Waals surface area contributed by atoms with Gasteiger partial charge < -0.3 is 29.2 Å². The van der Waals surface area contributed by atoms with Gasteiger partial charge in [0, 0.05) is 65.8 Å². The maximum atomic E-state index is 16.5. The largest absolute Gasteiger partial charge is 0.457 e. The van der Waals surface area contributed by atoms with E-state index in [9.17, 15) is 10.2 Å². The van der Waals surface area contributed by atoms with E-state index in [1.54, 1.807) is 121 Å². The van der Waals surface area contributed by atoms with Crippen molar-refractivity contribution in [3.8, 4) is 46.0 Å². The number of anilines is 4. The number of amides is 6. The lowest BCUT2D eigenvalue weighted by Crippen LogP contribution is -2.55. The number of imide groups is 2. The highest BCUT2D eigenvalue weighted by molar-refractivity contribution is 6.45. The summed E-state index contributed by atoms with van der Waals surface area (Å²) in [6.07, 6.45) is 0. The van der Waals surface area contributed by atoms with Gasteiger partial charge in [0.25, 0.3) is 35.4 Å². The average Bonchev–Trinajstić information content (AvgIpc) is 0.671. The van der Waals surface area contributed by atoms with Crippen LogP contribution in [-0.2, 0) is 9.59 Å². The van der Waals surface area contributed by atoms with E-state index in [4.69, 9.17) is 18.9 Å². The number of carbonyl (C=O) groups is 6. The zero-order chi connectivity index (χ0) is 73.9. The molecule has 0 saturated carbocycles. The first-order valence-electron chi connectivity index (χ1n) is 35.6. The third-order valence-electron chi connectivity index (χ3n) is 20.1. The van der Waals surface area contributed by atoms with Crippen molar-refractivity contribution < 1.29 is 57.9 Å². The van der Waals surface area contributed by atoms with E-state index in [1.807, 2.05) is 97.1 Å². The Morgan fingerprint density at radius 2 is 0.509 bits per heavy atom. The highest BCUT2D eigenvalue weighted by Crippen LogP contribution is 2.58. The van der Waals surface area contributed by atoms with Crippen molar-refractivity contribution in [1.29, 1.82) is 0 Å². The lowest BCUT2D eigenvalue weighted by atomic mass is 9.80. The Morgan fingerprint density at radius 3 is 0.698 bits per heavy atom. The molecule has 0 bridgehead atoms. The number of fused-ring (bicyclic) bond motifs is 2. The summed E-state index contributed by atoms with van der Waals surface area (Å²) in [5.74, 6) is -3.47. The maximum Gasteiger partial charge on any atom is 0.262 e. The Labute approximate surface area is 613 Å². The summed E-state index contributed by atoms with van der Waals surface area (Å²) < 4.78 is 29.2. The van der Waals surface area contributed by atoms with Crippen molar-refractivity contribution in [2.24, 2.45) is 0 Å². The maximum absolute atomic E-state index is 16.5. The highest BCUT2D eigenvalue weighted by Gasteiger charge is 2.48. The Morgan fingerprint density at radius 1 is 0.302 bits per heavy atom. The van der Waals surface area contributed by atoms with Crippen LogP contribution in [-0.4, -0.2) is 80.8 Å². The van der Waals surface area contributed by atoms with Crippen molar-refractivity contribution in [1.82, 2.24) is 9.80 Å². The first-order chi connectivity index (χ1) is 51.3. The Kier molecular flexibility index (Phi) is 18.5. The fraction of sp³-hybridized carbons (Fsp3) is 0.178. The molecule has 106 heavy (non-hydrogen) atoms. The quantitative estimate of drug-likeness (QED) is 0.0371. The van der Waals surface area contributed by atoms with Gasteiger partial charge in [0.05, 0.1) is 35.5 Å². The molecule has 0 aliphatic carbocycles. The van der Waals surface area contributed by atoms with E-state index in [0.717, 1.165) is 32.1 Å². The molecule has 13 aromatic rings. The summed E-state index contributed by atoms with van der Waals surface area (Å²) in [7, 11) is 0. The summed E-state index contributed by atoms with van der Waals surface area (Å²) >= 11 is 0. The van der Waals surface area contributed by atoms with Gasteiger partial charge in [-0.05, 0) is 167 Å². The zero-order valence-electron chi connectivity index (χ0n) is 59.7. The molecule has 0 radical (unpaired) electrons. The van der Waals surface area contributed by atoms with Crippen LogP contribution in [0, 0.1) is 0 Å². The lowest BCUT2D eigenvalue weighted by molar-refractivity contribution is -0.123. The number of benzene rings is 13. The van der Waals surface area contributed by atoms with Crippen LogP contribution < -0.4 is 28.7 Å². The predicted octanol–water partition coefficient (Wildman–Crippen LogP) is 20.0. The van der Waals surface area contributed by atoms with Crippen LogP contribution in [0.4, 0.5) is 22.7 Å². The molecule has 16 heteroatoms. The van der Waals surface area contributed by atoms with Gasteiger partial charge in [-0.2, -0.15) is 0 Å². The smallest absolute Gasteiger partial charge is 0.262 e. The van der Waals surface area contributed by atoms with Gasteiger partial charge in [0.2, 0.25) is 0 Å². The molecule has 0 spiro atoms. The number of hydrogen-bond acceptors (Lipinski definition) is 12. The molecule has 6 amide bonds. The molecule has 13 aromatic carbocycles. The van der Waals surface area contributed by atoms with Gasteiger partial charge in [-0.15, -0.1) is 0 Å². The molecule has 0 fully saturated rings. The van der Waals surface area contributed by atoms with E-state index in [0.29, 0.717) is 45.7 Å². The minimum absolute atomic E-state index is 0.0243. The van der Waals surface area contributed by atoms with Crippen LogP contribution in [0.3, 0.4) is 0 Å². The third-order valence-corrected chi connectivity index (χ3v) is 20.1. The van der Waals surface area contributed by atoms with E-state index in [-0.39, 0.29) is 112 Å². The second kappa shape index (κ2) is 28.3. The molecular formula is C90H76N4O12. The first kappa shape index (κ1) is 69.2. The number of rotatable bonds is 22. The number of carbonyl (C=O) groups excluding carboxylic acids is 6. The number of aliphatic hydroxyl groups excluding tert-OH is 2.